The van der Waals surface area contributed by atoms with Crippen molar-refractivity contribution in [2.45, 2.75) is 12.5 Å². The average Bonchev–Trinajstić information content (AvgIpc) is 2.82. The van der Waals surface area contributed by atoms with Gasteiger partial charge in [-0.25, -0.2) is 9.37 Å². The average molecular weight is 446 g/mol. The standard InChI is InChI=1S/C24H23FN6O2/c25-17-6-3-4-15(12-17)10-11-29-23-19(24(33)30-14-20(27)22(28)32)8-9-21(31-23)18-7-2-1-5-16(18)13-26/h1-9,12,20H,10-11,14,27H2,(H2,28,32)(H,29,31)(H,30,33)/t20-/m1/s1. The van der Waals surface area contributed by atoms with Gasteiger partial charge in [0.15, 0.2) is 0 Å². The second-order valence-corrected chi connectivity index (χ2v) is 7.28. The lowest BCUT2D eigenvalue weighted by atomic mass is 10.0. The summed E-state index contributed by atoms with van der Waals surface area (Å²) >= 11 is 0. The summed E-state index contributed by atoms with van der Waals surface area (Å²) in [5.74, 6) is -1.27. The first-order chi connectivity index (χ1) is 15.9. The predicted molar refractivity (Wildman–Crippen MR) is 122 cm³/mol. The SMILES string of the molecule is N#Cc1ccccc1-c1ccc(C(=O)NC[C@@H](N)C(N)=O)c(NCCc2cccc(F)c2)n1. The molecule has 0 bridgehead atoms. The Hall–Kier alpha value is -4.29. The molecule has 0 aliphatic carbocycles. The van der Waals surface area contributed by atoms with E-state index in [1.54, 1.807) is 48.5 Å². The van der Waals surface area contributed by atoms with Gasteiger partial charge in [0.05, 0.1) is 22.9 Å². The Balaban J connectivity index is 1.86. The van der Waals surface area contributed by atoms with Crippen LogP contribution in [0, 0.1) is 17.1 Å². The summed E-state index contributed by atoms with van der Waals surface area (Å²) in [6.07, 6.45) is 0.492. The molecule has 0 saturated carbocycles. The number of rotatable bonds is 9. The van der Waals surface area contributed by atoms with E-state index in [2.05, 4.69) is 21.7 Å². The summed E-state index contributed by atoms with van der Waals surface area (Å²) in [6, 6.07) is 17.6. The molecular weight excluding hydrogens is 423 g/mol. The van der Waals surface area contributed by atoms with E-state index in [9.17, 15) is 19.2 Å². The fourth-order valence-electron chi connectivity index (χ4n) is 3.15. The lowest BCUT2D eigenvalue weighted by molar-refractivity contribution is -0.119. The molecule has 3 aromatic rings. The molecule has 0 radical (unpaired) electrons. The van der Waals surface area contributed by atoms with Gasteiger partial charge in [0, 0.05) is 18.7 Å². The van der Waals surface area contributed by atoms with Gasteiger partial charge in [-0.1, -0.05) is 30.3 Å². The molecule has 1 atom stereocenters. The zero-order valence-corrected chi connectivity index (χ0v) is 17.7. The third kappa shape index (κ3) is 6.12. The number of aromatic nitrogens is 1. The monoisotopic (exact) mass is 446 g/mol. The summed E-state index contributed by atoms with van der Waals surface area (Å²) in [7, 11) is 0. The second-order valence-electron chi connectivity index (χ2n) is 7.28. The Bertz CT molecular complexity index is 1210. The first kappa shape index (κ1) is 23.4. The van der Waals surface area contributed by atoms with Gasteiger partial charge in [0.25, 0.3) is 5.91 Å². The maximum atomic E-state index is 13.5. The maximum Gasteiger partial charge on any atom is 0.255 e. The molecule has 168 valence electrons. The molecular formula is C24H23FN6O2. The molecule has 33 heavy (non-hydrogen) atoms. The Labute approximate surface area is 190 Å². The van der Waals surface area contributed by atoms with Crippen LogP contribution < -0.4 is 22.1 Å². The summed E-state index contributed by atoms with van der Waals surface area (Å²) in [5.41, 5.74) is 13.3. The van der Waals surface area contributed by atoms with Crippen molar-refractivity contribution in [3.05, 3.63) is 83.2 Å². The van der Waals surface area contributed by atoms with Crippen LogP contribution in [0.3, 0.4) is 0 Å². The number of anilines is 1. The Morgan fingerprint density at radius 1 is 1.12 bits per heavy atom. The molecule has 0 aliphatic heterocycles. The van der Waals surface area contributed by atoms with Crippen LogP contribution in [0.5, 0.6) is 0 Å². The number of amides is 2. The first-order valence-electron chi connectivity index (χ1n) is 10.2. The number of benzene rings is 2. The van der Waals surface area contributed by atoms with Gasteiger partial charge in [-0.3, -0.25) is 9.59 Å². The van der Waals surface area contributed by atoms with Crippen molar-refractivity contribution in [1.29, 1.82) is 5.26 Å². The number of primary amides is 1. The van der Waals surface area contributed by atoms with Crippen LogP contribution in [0.4, 0.5) is 10.2 Å². The van der Waals surface area contributed by atoms with Crippen LogP contribution in [-0.2, 0) is 11.2 Å². The Morgan fingerprint density at radius 2 is 1.91 bits per heavy atom. The van der Waals surface area contributed by atoms with Crippen molar-refractivity contribution in [3.63, 3.8) is 0 Å². The molecule has 9 heteroatoms. The molecule has 0 aliphatic rings. The minimum absolute atomic E-state index is 0.129. The minimum atomic E-state index is -1.02. The fraction of sp³-hybridized carbons (Fsp3) is 0.167. The lowest BCUT2D eigenvalue weighted by Gasteiger charge is -2.15. The zero-order chi connectivity index (χ0) is 23.8. The first-order valence-corrected chi connectivity index (χ1v) is 10.2. The quantitative estimate of drug-likeness (QED) is 0.395. The van der Waals surface area contributed by atoms with E-state index in [1.807, 2.05) is 0 Å². The number of nitrogens with two attached hydrogens (primary N) is 2. The number of nitrogens with one attached hydrogen (secondary N) is 2. The largest absolute Gasteiger partial charge is 0.369 e. The van der Waals surface area contributed by atoms with Crippen LogP contribution in [-0.4, -0.2) is 35.9 Å². The Morgan fingerprint density at radius 3 is 2.64 bits per heavy atom. The second kappa shape index (κ2) is 10.8. The molecule has 0 fully saturated rings. The molecule has 0 saturated heterocycles. The number of halogens is 1. The highest BCUT2D eigenvalue weighted by atomic mass is 19.1. The van der Waals surface area contributed by atoms with Crippen molar-refractivity contribution in [2.24, 2.45) is 11.5 Å². The van der Waals surface area contributed by atoms with Crippen molar-refractivity contribution in [3.8, 4) is 17.3 Å². The number of hydrogen-bond donors (Lipinski definition) is 4. The normalized spacial score (nSPS) is 11.3. The van der Waals surface area contributed by atoms with Crippen molar-refractivity contribution in [1.82, 2.24) is 10.3 Å². The molecule has 1 heterocycles. The number of hydrogen-bond acceptors (Lipinski definition) is 6. The van der Waals surface area contributed by atoms with E-state index in [1.165, 1.54) is 12.1 Å². The molecule has 1 aromatic heterocycles. The molecule has 8 nitrogen and oxygen atoms in total. The van der Waals surface area contributed by atoms with E-state index in [0.717, 1.165) is 5.56 Å². The van der Waals surface area contributed by atoms with E-state index < -0.39 is 17.9 Å². The Kier molecular flexibility index (Phi) is 7.68. The van der Waals surface area contributed by atoms with Crippen LogP contribution in [0.2, 0.25) is 0 Å². The molecule has 3 rings (SSSR count). The van der Waals surface area contributed by atoms with Crippen LogP contribution in [0.15, 0.2) is 60.7 Å². The number of nitrogens with zero attached hydrogens (tertiary/aromatic N) is 2. The van der Waals surface area contributed by atoms with Gasteiger partial charge in [0.1, 0.15) is 17.7 Å². The van der Waals surface area contributed by atoms with Gasteiger partial charge >= 0.3 is 0 Å². The lowest BCUT2D eigenvalue weighted by Crippen LogP contribution is -2.45. The summed E-state index contributed by atoms with van der Waals surface area (Å²) < 4.78 is 13.5. The highest BCUT2D eigenvalue weighted by molar-refractivity contribution is 5.99. The van der Waals surface area contributed by atoms with E-state index in [4.69, 9.17) is 11.5 Å². The predicted octanol–water partition coefficient (Wildman–Crippen LogP) is 1.96. The minimum Gasteiger partial charge on any atom is -0.369 e. The van der Waals surface area contributed by atoms with Crippen LogP contribution in [0.1, 0.15) is 21.5 Å². The molecule has 2 amide bonds. The van der Waals surface area contributed by atoms with E-state index in [-0.39, 0.29) is 23.7 Å². The van der Waals surface area contributed by atoms with Crippen molar-refractivity contribution >= 4 is 17.6 Å². The fourth-order valence-corrected chi connectivity index (χ4v) is 3.15. The van der Waals surface area contributed by atoms with Gasteiger partial charge in [-0.15, -0.1) is 0 Å². The highest BCUT2D eigenvalue weighted by Crippen LogP contribution is 2.25. The zero-order valence-electron chi connectivity index (χ0n) is 17.7. The van der Waals surface area contributed by atoms with Gasteiger partial charge in [-0.2, -0.15) is 5.26 Å². The molecule has 0 unspecified atom stereocenters. The number of nitriles is 1. The van der Waals surface area contributed by atoms with Gasteiger partial charge in [-0.05, 0) is 42.3 Å². The highest BCUT2D eigenvalue weighted by Gasteiger charge is 2.17. The number of pyridine rings is 1. The van der Waals surface area contributed by atoms with Crippen molar-refractivity contribution in [2.75, 3.05) is 18.4 Å². The van der Waals surface area contributed by atoms with Crippen LogP contribution in [0.25, 0.3) is 11.3 Å². The van der Waals surface area contributed by atoms with Gasteiger partial charge in [0.2, 0.25) is 5.91 Å². The van der Waals surface area contributed by atoms with E-state index in [0.29, 0.717) is 29.8 Å². The number of carbonyl (C=O) groups excluding carboxylic acids is 2. The van der Waals surface area contributed by atoms with Gasteiger partial charge < -0.3 is 22.1 Å². The smallest absolute Gasteiger partial charge is 0.255 e. The summed E-state index contributed by atoms with van der Waals surface area (Å²) in [5, 5.41) is 15.1. The molecule has 2 aromatic carbocycles. The van der Waals surface area contributed by atoms with Crippen molar-refractivity contribution < 1.29 is 14.0 Å². The summed E-state index contributed by atoms with van der Waals surface area (Å²) in [4.78, 5) is 28.4. The topological polar surface area (TPSA) is 147 Å². The van der Waals surface area contributed by atoms with Crippen LogP contribution >= 0.6 is 0 Å². The summed E-state index contributed by atoms with van der Waals surface area (Å²) in [6.45, 7) is 0.247. The number of carbonyl (C=O) groups is 2. The third-order valence-electron chi connectivity index (χ3n) is 4.91. The molecule has 6 N–H and O–H groups in total. The maximum absolute atomic E-state index is 13.5. The molecule has 0 spiro atoms. The van der Waals surface area contributed by atoms with E-state index >= 15 is 0 Å². The third-order valence-corrected chi connectivity index (χ3v) is 4.91.